The van der Waals surface area contributed by atoms with E-state index in [1.807, 2.05) is 0 Å². The Bertz CT molecular complexity index is 482. The SMILES string of the molecule is O=C(O)Cc1cccc([N+](=O)[O-])c1CC(=O)O. The Kier molecular flexibility index (Phi) is 3.76. The maximum absolute atomic E-state index is 10.7. The van der Waals surface area contributed by atoms with Gasteiger partial charge in [0.15, 0.2) is 0 Å². The molecule has 0 fully saturated rings. The van der Waals surface area contributed by atoms with Crippen LogP contribution in [-0.2, 0) is 22.4 Å². The first-order valence-electron chi connectivity index (χ1n) is 4.60. The van der Waals surface area contributed by atoms with Gasteiger partial charge in [-0.25, -0.2) is 0 Å². The molecule has 1 aromatic carbocycles. The molecule has 7 nitrogen and oxygen atoms in total. The Morgan fingerprint density at radius 1 is 1.18 bits per heavy atom. The van der Waals surface area contributed by atoms with E-state index in [2.05, 4.69) is 0 Å². The van der Waals surface area contributed by atoms with E-state index in [1.54, 1.807) is 0 Å². The number of carboxylic acids is 2. The predicted octanol–water partition coefficient (Wildman–Crippen LogP) is 0.849. The first kappa shape index (κ1) is 12.6. The highest BCUT2D eigenvalue weighted by molar-refractivity contribution is 5.76. The number of carboxylic acid groups (broad SMARTS) is 2. The van der Waals surface area contributed by atoms with Crippen molar-refractivity contribution in [1.29, 1.82) is 0 Å². The molecule has 0 unspecified atom stereocenters. The van der Waals surface area contributed by atoms with Crippen LogP contribution in [0.4, 0.5) is 5.69 Å². The number of aliphatic carboxylic acids is 2. The van der Waals surface area contributed by atoms with Crippen molar-refractivity contribution in [2.75, 3.05) is 0 Å². The standard InChI is InChI=1S/C10H9NO6/c12-9(13)4-6-2-1-3-8(11(16)17)7(6)5-10(14)15/h1-3H,4-5H2,(H,12,13)(H,14,15). The van der Waals surface area contributed by atoms with E-state index < -0.39 is 29.7 Å². The number of benzene rings is 1. The fourth-order valence-corrected chi connectivity index (χ4v) is 1.48. The molecule has 7 heteroatoms. The summed E-state index contributed by atoms with van der Waals surface area (Å²) in [7, 11) is 0. The summed E-state index contributed by atoms with van der Waals surface area (Å²) in [4.78, 5) is 31.2. The molecular formula is C10H9NO6. The average molecular weight is 239 g/mol. The normalized spacial score (nSPS) is 9.88. The van der Waals surface area contributed by atoms with E-state index >= 15 is 0 Å². The van der Waals surface area contributed by atoms with Crippen molar-refractivity contribution in [2.24, 2.45) is 0 Å². The van der Waals surface area contributed by atoms with Crippen molar-refractivity contribution in [1.82, 2.24) is 0 Å². The maximum Gasteiger partial charge on any atom is 0.308 e. The minimum absolute atomic E-state index is 0.0626. The average Bonchev–Trinajstić information content (AvgIpc) is 2.18. The van der Waals surface area contributed by atoms with Crippen LogP contribution in [0, 0.1) is 10.1 Å². The summed E-state index contributed by atoms with van der Waals surface area (Å²) in [5.74, 6) is -2.41. The third-order valence-corrected chi connectivity index (χ3v) is 2.11. The van der Waals surface area contributed by atoms with Gasteiger partial charge >= 0.3 is 11.9 Å². The van der Waals surface area contributed by atoms with Crippen molar-refractivity contribution in [3.05, 3.63) is 39.4 Å². The molecular weight excluding hydrogens is 230 g/mol. The van der Waals surface area contributed by atoms with Gasteiger partial charge in [0.1, 0.15) is 0 Å². The summed E-state index contributed by atoms with van der Waals surface area (Å²) in [6.45, 7) is 0. The lowest BCUT2D eigenvalue weighted by atomic mass is 10.00. The van der Waals surface area contributed by atoms with E-state index in [4.69, 9.17) is 10.2 Å². The lowest BCUT2D eigenvalue weighted by molar-refractivity contribution is -0.385. The summed E-state index contributed by atoms with van der Waals surface area (Å²) in [5.41, 5.74) is -0.285. The van der Waals surface area contributed by atoms with Crippen LogP contribution in [0.2, 0.25) is 0 Å². The molecule has 0 aliphatic rings. The van der Waals surface area contributed by atoms with Gasteiger partial charge in [-0.3, -0.25) is 19.7 Å². The Morgan fingerprint density at radius 3 is 2.24 bits per heavy atom. The van der Waals surface area contributed by atoms with Crippen LogP contribution in [0.15, 0.2) is 18.2 Å². The lowest BCUT2D eigenvalue weighted by Crippen LogP contribution is -2.10. The summed E-state index contributed by atoms with van der Waals surface area (Å²) >= 11 is 0. The fraction of sp³-hybridized carbons (Fsp3) is 0.200. The molecule has 0 saturated carbocycles. The highest BCUT2D eigenvalue weighted by atomic mass is 16.6. The van der Waals surface area contributed by atoms with Gasteiger partial charge in [-0.05, 0) is 5.56 Å². The largest absolute Gasteiger partial charge is 0.481 e. The van der Waals surface area contributed by atoms with Gasteiger partial charge in [0.25, 0.3) is 5.69 Å². The van der Waals surface area contributed by atoms with E-state index in [-0.39, 0.29) is 16.8 Å². The number of carbonyl (C=O) groups is 2. The van der Waals surface area contributed by atoms with Gasteiger partial charge in [-0.15, -0.1) is 0 Å². The van der Waals surface area contributed by atoms with Crippen molar-refractivity contribution in [2.45, 2.75) is 12.8 Å². The zero-order valence-corrected chi connectivity index (χ0v) is 8.62. The molecule has 0 bridgehead atoms. The summed E-state index contributed by atoms with van der Waals surface area (Å²) in [6.07, 6.45) is -1.01. The highest BCUT2D eigenvalue weighted by Crippen LogP contribution is 2.23. The topological polar surface area (TPSA) is 118 Å². The highest BCUT2D eigenvalue weighted by Gasteiger charge is 2.20. The Balaban J connectivity index is 3.28. The monoisotopic (exact) mass is 239 g/mol. The van der Waals surface area contributed by atoms with Gasteiger partial charge in [0.05, 0.1) is 17.8 Å². The summed E-state index contributed by atoms with van der Waals surface area (Å²) in [5, 5.41) is 28.0. The van der Waals surface area contributed by atoms with Crippen LogP contribution in [0.5, 0.6) is 0 Å². The third-order valence-electron chi connectivity index (χ3n) is 2.11. The van der Waals surface area contributed by atoms with E-state index in [9.17, 15) is 19.7 Å². The third kappa shape index (κ3) is 3.26. The van der Waals surface area contributed by atoms with Crippen LogP contribution >= 0.6 is 0 Å². The van der Waals surface area contributed by atoms with Crippen LogP contribution in [0.25, 0.3) is 0 Å². The minimum atomic E-state index is -1.24. The number of hydrogen-bond donors (Lipinski definition) is 2. The maximum atomic E-state index is 10.7. The van der Waals surface area contributed by atoms with Gasteiger partial charge in [-0.2, -0.15) is 0 Å². The van der Waals surface area contributed by atoms with Crippen molar-refractivity contribution in [3.63, 3.8) is 0 Å². The zero-order chi connectivity index (χ0) is 13.0. The lowest BCUT2D eigenvalue weighted by Gasteiger charge is -2.06. The molecule has 0 spiro atoms. The number of nitrogens with zero attached hydrogens (tertiary/aromatic N) is 1. The molecule has 0 heterocycles. The quantitative estimate of drug-likeness (QED) is 0.580. The Labute approximate surface area is 95.5 Å². The number of hydrogen-bond acceptors (Lipinski definition) is 4. The Hall–Kier alpha value is -2.44. The predicted molar refractivity (Wildman–Crippen MR) is 55.8 cm³/mol. The van der Waals surface area contributed by atoms with E-state index in [1.165, 1.54) is 12.1 Å². The first-order valence-corrected chi connectivity index (χ1v) is 4.60. The van der Waals surface area contributed by atoms with Gasteiger partial charge in [0, 0.05) is 11.6 Å². The molecule has 17 heavy (non-hydrogen) atoms. The second kappa shape index (κ2) is 5.06. The van der Waals surface area contributed by atoms with Gasteiger partial charge in [0.2, 0.25) is 0 Å². The van der Waals surface area contributed by atoms with Crippen molar-refractivity contribution in [3.8, 4) is 0 Å². The van der Waals surface area contributed by atoms with E-state index in [0.717, 1.165) is 6.07 Å². The van der Waals surface area contributed by atoms with Crippen molar-refractivity contribution >= 4 is 17.6 Å². The number of nitro groups is 1. The van der Waals surface area contributed by atoms with E-state index in [0.29, 0.717) is 0 Å². The summed E-state index contributed by atoms with van der Waals surface area (Å²) in [6, 6.07) is 3.87. The van der Waals surface area contributed by atoms with Crippen LogP contribution in [-0.4, -0.2) is 27.1 Å². The smallest absolute Gasteiger partial charge is 0.308 e. The zero-order valence-electron chi connectivity index (χ0n) is 8.62. The minimum Gasteiger partial charge on any atom is -0.481 e. The molecule has 0 aliphatic heterocycles. The molecule has 0 amide bonds. The number of rotatable bonds is 5. The van der Waals surface area contributed by atoms with Crippen LogP contribution < -0.4 is 0 Å². The second-order valence-electron chi connectivity index (χ2n) is 3.31. The van der Waals surface area contributed by atoms with Gasteiger partial charge < -0.3 is 10.2 Å². The molecule has 1 aromatic rings. The Morgan fingerprint density at radius 2 is 1.76 bits per heavy atom. The number of nitro benzene ring substituents is 1. The second-order valence-corrected chi connectivity index (χ2v) is 3.31. The molecule has 2 N–H and O–H groups in total. The van der Waals surface area contributed by atoms with Gasteiger partial charge in [-0.1, -0.05) is 12.1 Å². The molecule has 1 rings (SSSR count). The molecule has 0 atom stereocenters. The molecule has 0 aromatic heterocycles. The molecule has 0 radical (unpaired) electrons. The van der Waals surface area contributed by atoms with Crippen LogP contribution in [0.1, 0.15) is 11.1 Å². The molecule has 90 valence electrons. The van der Waals surface area contributed by atoms with Crippen molar-refractivity contribution < 1.29 is 24.7 Å². The first-order chi connectivity index (χ1) is 7.91. The summed E-state index contributed by atoms with van der Waals surface area (Å²) < 4.78 is 0. The molecule has 0 aliphatic carbocycles. The fourth-order valence-electron chi connectivity index (χ4n) is 1.48. The van der Waals surface area contributed by atoms with Crippen LogP contribution in [0.3, 0.4) is 0 Å². The molecule has 0 saturated heterocycles.